The standard InChI is InChI=1S/C19H24N2O3S/c1-3-4-18-21-17(12-25-18)19(24)20-15(9-13(2)11-22)10-14-5-7-16(23)8-6-14/h5-8,11-13,15,23H,3-4,9-10H2,1-2H3,(H,20,24). The predicted molar refractivity (Wildman–Crippen MR) is 99.0 cm³/mol. The van der Waals surface area contributed by atoms with Crippen molar-refractivity contribution < 1.29 is 14.7 Å². The predicted octanol–water partition coefficient (Wildman–Crippen LogP) is 3.37. The fraction of sp³-hybridized carbons (Fsp3) is 0.421. The Balaban J connectivity index is 2.06. The molecule has 0 fully saturated rings. The van der Waals surface area contributed by atoms with E-state index in [2.05, 4.69) is 17.2 Å². The van der Waals surface area contributed by atoms with Crippen molar-refractivity contribution in [3.05, 3.63) is 45.9 Å². The van der Waals surface area contributed by atoms with Gasteiger partial charge in [-0.1, -0.05) is 26.0 Å². The third-order valence-corrected chi connectivity index (χ3v) is 4.80. The maximum atomic E-state index is 12.5. The summed E-state index contributed by atoms with van der Waals surface area (Å²) < 4.78 is 0. The Morgan fingerprint density at radius 2 is 2.08 bits per heavy atom. The first-order chi connectivity index (χ1) is 12.0. The molecule has 2 aromatic rings. The molecule has 1 heterocycles. The number of aldehydes is 1. The molecule has 0 saturated carbocycles. The van der Waals surface area contributed by atoms with E-state index in [1.165, 1.54) is 11.3 Å². The van der Waals surface area contributed by atoms with Crippen molar-refractivity contribution in [2.75, 3.05) is 0 Å². The highest BCUT2D eigenvalue weighted by atomic mass is 32.1. The molecule has 6 heteroatoms. The molecule has 0 saturated heterocycles. The quantitative estimate of drug-likeness (QED) is 0.672. The smallest absolute Gasteiger partial charge is 0.270 e. The minimum atomic E-state index is -0.208. The fourth-order valence-electron chi connectivity index (χ4n) is 2.62. The zero-order valence-corrected chi connectivity index (χ0v) is 15.4. The van der Waals surface area contributed by atoms with Gasteiger partial charge in [0.1, 0.15) is 17.7 Å². The van der Waals surface area contributed by atoms with Crippen molar-refractivity contribution in [1.82, 2.24) is 10.3 Å². The number of nitrogens with zero attached hydrogens (tertiary/aromatic N) is 1. The second-order valence-corrected chi connectivity index (χ2v) is 7.21. The lowest BCUT2D eigenvalue weighted by Crippen LogP contribution is -2.38. The molecule has 0 aliphatic carbocycles. The molecule has 0 bridgehead atoms. The number of benzene rings is 1. The van der Waals surface area contributed by atoms with Crippen molar-refractivity contribution in [2.45, 2.75) is 45.6 Å². The minimum Gasteiger partial charge on any atom is -0.508 e. The van der Waals surface area contributed by atoms with Gasteiger partial charge in [-0.3, -0.25) is 4.79 Å². The molecule has 25 heavy (non-hydrogen) atoms. The van der Waals surface area contributed by atoms with E-state index in [-0.39, 0.29) is 23.6 Å². The molecule has 2 unspecified atom stereocenters. The Hall–Kier alpha value is -2.21. The van der Waals surface area contributed by atoms with Crippen LogP contribution >= 0.6 is 11.3 Å². The maximum Gasteiger partial charge on any atom is 0.270 e. The second kappa shape index (κ2) is 9.32. The van der Waals surface area contributed by atoms with E-state index in [9.17, 15) is 14.7 Å². The monoisotopic (exact) mass is 360 g/mol. The molecular formula is C19H24N2O3S. The average molecular weight is 360 g/mol. The van der Waals surface area contributed by atoms with Gasteiger partial charge in [0.25, 0.3) is 5.91 Å². The van der Waals surface area contributed by atoms with Gasteiger partial charge < -0.3 is 15.2 Å². The minimum absolute atomic E-state index is 0.145. The third kappa shape index (κ3) is 5.98. The highest BCUT2D eigenvalue weighted by molar-refractivity contribution is 7.09. The summed E-state index contributed by atoms with van der Waals surface area (Å²) in [6, 6.07) is 6.71. The Kier molecular flexibility index (Phi) is 7.13. The van der Waals surface area contributed by atoms with Crippen LogP contribution in [0.3, 0.4) is 0 Å². The molecule has 1 aromatic carbocycles. The summed E-state index contributed by atoms with van der Waals surface area (Å²) in [5, 5.41) is 15.1. The van der Waals surface area contributed by atoms with E-state index in [0.29, 0.717) is 18.5 Å². The first kappa shape index (κ1) is 19.1. The number of carbonyl (C=O) groups is 2. The molecule has 2 rings (SSSR count). The second-order valence-electron chi connectivity index (χ2n) is 6.27. The van der Waals surface area contributed by atoms with Crippen molar-refractivity contribution in [1.29, 1.82) is 0 Å². The van der Waals surface area contributed by atoms with Crippen LogP contribution in [0.1, 0.15) is 47.7 Å². The molecule has 134 valence electrons. The van der Waals surface area contributed by atoms with Crippen LogP contribution in [-0.2, 0) is 17.6 Å². The van der Waals surface area contributed by atoms with E-state index in [1.807, 2.05) is 19.1 Å². The van der Waals surface area contributed by atoms with Crippen molar-refractivity contribution in [3.8, 4) is 5.75 Å². The maximum absolute atomic E-state index is 12.5. The summed E-state index contributed by atoms with van der Waals surface area (Å²) in [7, 11) is 0. The van der Waals surface area contributed by atoms with Gasteiger partial charge in [-0.15, -0.1) is 11.3 Å². The van der Waals surface area contributed by atoms with Gasteiger partial charge in [-0.2, -0.15) is 0 Å². The Morgan fingerprint density at radius 1 is 1.36 bits per heavy atom. The number of aryl methyl sites for hydroxylation is 1. The Labute approximate surface area is 152 Å². The molecule has 0 aliphatic rings. The average Bonchev–Trinajstić information content (AvgIpc) is 3.06. The van der Waals surface area contributed by atoms with Crippen LogP contribution in [0.5, 0.6) is 5.75 Å². The van der Waals surface area contributed by atoms with Crippen LogP contribution in [0, 0.1) is 5.92 Å². The molecule has 0 radical (unpaired) electrons. The van der Waals surface area contributed by atoms with Gasteiger partial charge in [0.05, 0.1) is 5.01 Å². The van der Waals surface area contributed by atoms with E-state index < -0.39 is 0 Å². The van der Waals surface area contributed by atoms with E-state index in [0.717, 1.165) is 29.7 Å². The normalized spacial score (nSPS) is 13.2. The van der Waals surface area contributed by atoms with E-state index in [4.69, 9.17) is 0 Å². The number of aromatic nitrogens is 1. The fourth-order valence-corrected chi connectivity index (χ4v) is 3.50. The van der Waals surface area contributed by atoms with Gasteiger partial charge in [0, 0.05) is 17.3 Å². The number of thiazole rings is 1. The topological polar surface area (TPSA) is 79.3 Å². The van der Waals surface area contributed by atoms with Crippen LogP contribution in [0.2, 0.25) is 0 Å². The van der Waals surface area contributed by atoms with Crippen LogP contribution < -0.4 is 5.32 Å². The largest absolute Gasteiger partial charge is 0.508 e. The first-order valence-corrected chi connectivity index (χ1v) is 9.38. The zero-order chi connectivity index (χ0) is 18.2. The lowest BCUT2D eigenvalue weighted by molar-refractivity contribution is -0.111. The van der Waals surface area contributed by atoms with Crippen molar-refractivity contribution in [2.24, 2.45) is 5.92 Å². The first-order valence-electron chi connectivity index (χ1n) is 8.50. The summed E-state index contributed by atoms with van der Waals surface area (Å²) in [6.45, 7) is 3.92. The summed E-state index contributed by atoms with van der Waals surface area (Å²) in [5.74, 6) is -0.148. The zero-order valence-electron chi connectivity index (χ0n) is 14.6. The summed E-state index contributed by atoms with van der Waals surface area (Å²) in [6.07, 6.45) is 3.92. The summed E-state index contributed by atoms with van der Waals surface area (Å²) in [5.41, 5.74) is 1.43. The number of phenols is 1. The van der Waals surface area contributed by atoms with Gasteiger partial charge in [0.15, 0.2) is 0 Å². The number of nitrogens with one attached hydrogen (secondary N) is 1. The Bertz CT molecular complexity index is 697. The number of hydrogen-bond donors (Lipinski definition) is 2. The number of hydrogen-bond acceptors (Lipinski definition) is 5. The van der Waals surface area contributed by atoms with Crippen LogP contribution in [-0.4, -0.2) is 28.3 Å². The SMILES string of the molecule is CCCc1nc(C(=O)NC(Cc2ccc(O)cc2)CC(C)C=O)cs1. The molecule has 0 aliphatic heterocycles. The lowest BCUT2D eigenvalue weighted by atomic mass is 9.96. The van der Waals surface area contributed by atoms with Gasteiger partial charge in [-0.25, -0.2) is 4.98 Å². The molecular weight excluding hydrogens is 336 g/mol. The molecule has 5 nitrogen and oxygen atoms in total. The number of aromatic hydroxyl groups is 1. The molecule has 2 atom stereocenters. The molecule has 1 amide bonds. The van der Waals surface area contributed by atoms with Crippen molar-refractivity contribution in [3.63, 3.8) is 0 Å². The Morgan fingerprint density at radius 3 is 2.72 bits per heavy atom. The van der Waals surface area contributed by atoms with E-state index >= 15 is 0 Å². The highest BCUT2D eigenvalue weighted by Gasteiger charge is 2.19. The van der Waals surface area contributed by atoms with Crippen LogP contribution in [0.4, 0.5) is 0 Å². The van der Waals surface area contributed by atoms with Crippen LogP contribution in [0.25, 0.3) is 0 Å². The lowest BCUT2D eigenvalue weighted by Gasteiger charge is -2.20. The van der Waals surface area contributed by atoms with Crippen LogP contribution in [0.15, 0.2) is 29.6 Å². The molecule has 0 spiro atoms. The van der Waals surface area contributed by atoms with Gasteiger partial charge in [0.2, 0.25) is 0 Å². The van der Waals surface area contributed by atoms with Gasteiger partial charge >= 0.3 is 0 Å². The summed E-state index contributed by atoms with van der Waals surface area (Å²) in [4.78, 5) is 27.9. The van der Waals surface area contributed by atoms with E-state index in [1.54, 1.807) is 17.5 Å². The number of amides is 1. The molecule has 2 N–H and O–H groups in total. The number of carbonyl (C=O) groups excluding carboxylic acids is 2. The highest BCUT2D eigenvalue weighted by Crippen LogP contribution is 2.16. The number of phenolic OH excluding ortho intramolecular Hbond substituents is 1. The third-order valence-electron chi connectivity index (χ3n) is 3.89. The van der Waals surface area contributed by atoms with Crippen molar-refractivity contribution >= 4 is 23.5 Å². The molecule has 1 aromatic heterocycles. The summed E-state index contributed by atoms with van der Waals surface area (Å²) >= 11 is 1.50. The number of rotatable bonds is 9. The van der Waals surface area contributed by atoms with Gasteiger partial charge in [-0.05, 0) is 43.4 Å².